The van der Waals surface area contributed by atoms with Crippen LogP contribution in [0, 0.1) is 29.0 Å². The molecule has 0 heterocycles. The minimum absolute atomic E-state index is 0.0826. The third-order valence-corrected chi connectivity index (χ3v) is 6.28. The van der Waals surface area contributed by atoms with Crippen LogP contribution in [0.15, 0.2) is 30.3 Å². The first-order valence-corrected chi connectivity index (χ1v) is 9.17. The van der Waals surface area contributed by atoms with Crippen molar-refractivity contribution >= 4 is 17.8 Å². The topological polar surface area (TPSA) is 43.4 Å². The average molecular weight is 342 g/mol. The molecule has 3 nitrogen and oxygen atoms in total. The van der Waals surface area contributed by atoms with E-state index in [1.807, 2.05) is 0 Å². The summed E-state index contributed by atoms with van der Waals surface area (Å²) in [6.45, 7) is -0.160. The molecule has 0 aromatic heterocycles. The first-order valence-electron chi connectivity index (χ1n) is 9.17. The number of hydrogen-bond acceptors (Lipinski definition) is 3. The molecule has 132 valence electrons. The number of esters is 1. The lowest BCUT2D eigenvalue weighted by Gasteiger charge is -2.55. The van der Waals surface area contributed by atoms with Crippen LogP contribution < -0.4 is 0 Å². The van der Waals surface area contributed by atoms with Crippen molar-refractivity contribution in [2.45, 2.75) is 38.5 Å². The summed E-state index contributed by atoms with van der Waals surface area (Å²) < 4.78 is 18.7. The summed E-state index contributed by atoms with van der Waals surface area (Å²) in [4.78, 5) is 24.6. The maximum absolute atomic E-state index is 13.5. The third kappa shape index (κ3) is 3.26. The van der Waals surface area contributed by atoms with Gasteiger partial charge in [-0.25, -0.2) is 9.18 Å². The summed E-state index contributed by atoms with van der Waals surface area (Å²) in [5.74, 6) is 1.15. The van der Waals surface area contributed by atoms with Crippen molar-refractivity contribution in [1.82, 2.24) is 0 Å². The number of halogens is 1. The fourth-order valence-corrected chi connectivity index (χ4v) is 5.56. The smallest absolute Gasteiger partial charge is 0.331 e. The number of ketones is 1. The van der Waals surface area contributed by atoms with Crippen LogP contribution in [-0.2, 0) is 14.3 Å². The summed E-state index contributed by atoms with van der Waals surface area (Å²) in [6.07, 6.45) is 9.31. The van der Waals surface area contributed by atoms with Gasteiger partial charge in [0, 0.05) is 17.1 Å². The lowest BCUT2D eigenvalue weighted by molar-refractivity contribution is -0.155. The Morgan fingerprint density at radius 1 is 1.08 bits per heavy atom. The van der Waals surface area contributed by atoms with Crippen LogP contribution in [0.1, 0.15) is 44.1 Å². The van der Waals surface area contributed by atoms with Gasteiger partial charge in [-0.1, -0.05) is 18.2 Å². The lowest BCUT2D eigenvalue weighted by atomic mass is 9.48. The van der Waals surface area contributed by atoms with E-state index in [-0.39, 0.29) is 17.8 Å². The molecule has 4 saturated carbocycles. The molecule has 4 bridgehead atoms. The summed E-state index contributed by atoms with van der Waals surface area (Å²) in [7, 11) is 0. The SMILES string of the molecule is O=C(C=Cc1ccccc1F)OCC(=O)C12CC3CC(CC(C3)C1)C2. The van der Waals surface area contributed by atoms with E-state index in [1.54, 1.807) is 18.2 Å². The molecule has 5 rings (SSSR count). The van der Waals surface area contributed by atoms with E-state index >= 15 is 0 Å². The van der Waals surface area contributed by atoms with Gasteiger partial charge in [-0.2, -0.15) is 0 Å². The molecule has 0 aliphatic heterocycles. The second kappa shape index (κ2) is 6.40. The van der Waals surface area contributed by atoms with E-state index in [2.05, 4.69) is 0 Å². The zero-order chi connectivity index (χ0) is 17.4. The molecule has 4 fully saturated rings. The number of carbonyl (C=O) groups excluding carboxylic acids is 2. The van der Waals surface area contributed by atoms with Crippen LogP contribution >= 0.6 is 0 Å². The summed E-state index contributed by atoms with van der Waals surface area (Å²) >= 11 is 0. The number of ether oxygens (including phenoxy) is 1. The van der Waals surface area contributed by atoms with E-state index in [4.69, 9.17) is 4.74 Å². The fraction of sp³-hybridized carbons (Fsp3) is 0.524. The molecule has 0 atom stereocenters. The molecular weight excluding hydrogens is 319 g/mol. The Balaban J connectivity index is 1.34. The number of hydrogen-bond donors (Lipinski definition) is 0. The van der Waals surface area contributed by atoms with Crippen molar-refractivity contribution < 1.29 is 18.7 Å². The van der Waals surface area contributed by atoms with Gasteiger partial charge in [-0.15, -0.1) is 0 Å². The predicted molar refractivity (Wildman–Crippen MR) is 92.0 cm³/mol. The van der Waals surface area contributed by atoms with Crippen molar-refractivity contribution in [3.8, 4) is 0 Å². The molecule has 1 aromatic rings. The van der Waals surface area contributed by atoms with Gasteiger partial charge in [0.25, 0.3) is 0 Å². The molecular formula is C21H23FO3. The third-order valence-electron chi connectivity index (χ3n) is 6.28. The maximum atomic E-state index is 13.5. The van der Waals surface area contributed by atoms with Crippen molar-refractivity contribution in [2.75, 3.05) is 6.61 Å². The Labute approximate surface area is 147 Å². The molecule has 0 spiro atoms. The quantitative estimate of drug-likeness (QED) is 0.596. The summed E-state index contributed by atoms with van der Waals surface area (Å²) in [5.41, 5.74) is 0.0800. The molecule has 0 radical (unpaired) electrons. The highest BCUT2D eigenvalue weighted by molar-refractivity contribution is 5.91. The lowest BCUT2D eigenvalue weighted by Crippen LogP contribution is -2.51. The van der Waals surface area contributed by atoms with Crippen molar-refractivity contribution in [3.63, 3.8) is 0 Å². The first kappa shape index (κ1) is 16.5. The van der Waals surface area contributed by atoms with Gasteiger partial charge in [-0.05, 0) is 68.4 Å². The van der Waals surface area contributed by atoms with E-state index < -0.39 is 11.8 Å². The molecule has 4 aliphatic carbocycles. The van der Waals surface area contributed by atoms with Gasteiger partial charge in [-0.3, -0.25) is 4.79 Å². The fourth-order valence-electron chi connectivity index (χ4n) is 5.56. The van der Waals surface area contributed by atoms with Crippen LogP contribution in [0.25, 0.3) is 6.08 Å². The largest absolute Gasteiger partial charge is 0.455 e. The van der Waals surface area contributed by atoms with Crippen molar-refractivity contribution in [2.24, 2.45) is 23.2 Å². The van der Waals surface area contributed by atoms with E-state index in [9.17, 15) is 14.0 Å². The first-order chi connectivity index (χ1) is 12.0. The minimum Gasteiger partial charge on any atom is -0.455 e. The van der Waals surface area contributed by atoms with Crippen LogP contribution in [-0.4, -0.2) is 18.4 Å². The van der Waals surface area contributed by atoms with Gasteiger partial charge in [0.05, 0.1) is 0 Å². The summed E-state index contributed by atoms with van der Waals surface area (Å²) in [5, 5.41) is 0. The summed E-state index contributed by atoms with van der Waals surface area (Å²) in [6, 6.07) is 6.21. The molecule has 1 aromatic carbocycles. The Kier molecular flexibility index (Phi) is 4.22. The van der Waals surface area contributed by atoms with E-state index in [0.717, 1.165) is 19.3 Å². The van der Waals surface area contributed by atoms with Crippen LogP contribution in [0.3, 0.4) is 0 Å². The van der Waals surface area contributed by atoms with Crippen LogP contribution in [0.5, 0.6) is 0 Å². The highest BCUT2D eigenvalue weighted by atomic mass is 19.1. The molecule has 4 heteroatoms. The number of Topliss-reactive ketones (excluding diaryl/α,β-unsaturated/α-hetero) is 1. The molecule has 4 aliphatic rings. The predicted octanol–water partition coefficient (Wildman–Crippen LogP) is 4.17. The van der Waals surface area contributed by atoms with Crippen LogP contribution in [0.4, 0.5) is 4.39 Å². The maximum Gasteiger partial charge on any atom is 0.331 e. The zero-order valence-electron chi connectivity index (χ0n) is 14.2. The molecule has 0 unspecified atom stereocenters. The molecule has 0 N–H and O–H groups in total. The highest BCUT2D eigenvalue weighted by Gasteiger charge is 2.54. The number of carbonyl (C=O) groups is 2. The standard InChI is InChI=1S/C21H23FO3/c22-18-4-2-1-3-17(18)5-6-20(24)25-13-19(23)21-10-14-7-15(11-21)9-16(8-14)12-21/h1-6,14-16H,7-13H2. The van der Waals surface area contributed by atoms with E-state index in [1.165, 1.54) is 37.5 Å². The average Bonchev–Trinajstić information content (AvgIpc) is 2.57. The second-order valence-corrected chi connectivity index (χ2v) is 8.08. The Hall–Kier alpha value is -1.97. The Bertz CT molecular complexity index is 686. The van der Waals surface area contributed by atoms with Gasteiger partial charge >= 0.3 is 5.97 Å². The molecule has 0 saturated heterocycles. The van der Waals surface area contributed by atoms with Crippen molar-refractivity contribution in [1.29, 1.82) is 0 Å². The molecule has 0 amide bonds. The zero-order valence-corrected chi connectivity index (χ0v) is 14.2. The van der Waals surface area contributed by atoms with Gasteiger partial charge in [0.15, 0.2) is 12.4 Å². The number of benzene rings is 1. The monoisotopic (exact) mass is 342 g/mol. The molecule has 25 heavy (non-hydrogen) atoms. The van der Waals surface area contributed by atoms with Crippen molar-refractivity contribution in [3.05, 3.63) is 41.7 Å². The minimum atomic E-state index is -0.596. The van der Waals surface area contributed by atoms with Gasteiger partial charge < -0.3 is 4.74 Å². The Morgan fingerprint density at radius 3 is 2.28 bits per heavy atom. The van der Waals surface area contributed by atoms with Gasteiger partial charge in [0.2, 0.25) is 0 Å². The Morgan fingerprint density at radius 2 is 1.68 bits per heavy atom. The van der Waals surface area contributed by atoms with Crippen LogP contribution in [0.2, 0.25) is 0 Å². The highest BCUT2D eigenvalue weighted by Crippen LogP contribution is 2.60. The number of rotatable bonds is 5. The second-order valence-electron chi connectivity index (χ2n) is 8.08. The normalized spacial score (nSPS) is 32.9. The van der Waals surface area contributed by atoms with Gasteiger partial charge in [0.1, 0.15) is 5.82 Å². The van der Waals surface area contributed by atoms with E-state index in [0.29, 0.717) is 23.3 Å².